The standard InChI is InChI=1S/C6H18SSi2/c1-8(2)5-7-6-9(3)4/h8-9H,5-6H2,1-4H3. The van der Waals surface area contributed by atoms with Crippen LogP contribution in [0.3, 0.4) is 0 Å². The number of thioether (sulfide) groups is 1. The Bertz CT molecular complexity index is 56.1. The van der Waals surface area contributed by atoms with Crippen molar-refractivity contribution in [1.82, 2.24) is 0 Å². The van der Waals surface area contributed by atoms with Gasteiger partial charge in [-0.1, -0.05) is 26.2 Å². The van der Waals surface area contributed by atoms with Crippen LogP contribution < -0.4 is 0 Å². The van der Waals surface area contributed by atoms with E-state index in [9.17, 15) is 0 Å². The predicted molar refractivity (Wildman–Crippen MR) is 55.1 cm³/mol. The molecule has 9 heavy (non-hydrogen) atoms. The Kier molecular flexibility index (Phi) is 6.04. The Morgan fingerprint density at radius 1 is 0.889 bits per heavy atom. The molecule has 0 aliphatic heterocycles. The minimum absolute atomic E-state index is 0.244. The molecule has 0 atom stereocenters. The maximum Gasteiger partial charge on any atom is 0.0418 e. The molecular formula is C6H18SSi2. The second kappa shape index (κ2) is 5.56. The second-order valence-electron chi connectivity index (χ2n) is 3.33. The summed E-state index contributed by atoms with van der Waals surface area (Å²) >= 11 is 2.19. The Hall–Kier alpha value is 0.784. The average molecular weight is 178 g/mol. The van der Waals surface area contributed by atoms with E-state index in [4.69, 9.17) is 0 Å². The van der Waals surface area contributed by atoms with E-state index in [-0.39, 0.29) is 17.6 Å². The van der Waals surface area contributed by atoms with Gasteiger partial charge < -0.3 is 0 Å². The van der Waals surface area contributed by atoms with Gasteiger partial charge in [0, 0.05) is 17.6 Å². The Balaban J connectivity index is 2.91. The van der Waals surface area contributed by atoms with Crippen LogP contribution >= 0.6 is 11.8 Å². The molecule has 0 heterocycles. The lowest BCUT2D eigenvalue weighted by Gasteiger charge is -2.03. The van der Waals surface area contributed by atoms with Gasteiger partial charge in [-0.2, -0.15) is 11.8 Å². The van der Waals surface area contributed by atoms with Crippen molar-refractivity contribution in [3.05, 3.63) is 0 Å². The molecule has 0 N–H and O–H groups in total. The minimum Gasteiger partial charge on any atom is -0.169 e. The van der Waals surface area contributed by atoms with Crippen LogP contribution in [0.25, 0.3) is 0 Å². The highest BCUT2D eigenvalue weighted by Crippen LogP contribution is 2.03. The Morgan fingerprint density at radius 2 is 1.22 bits per heavy atom. The lowest BCUT2D eigenvalue weighted by atomic mass is 11.8. The fourth-order valence-corrected chi connectivity index (χ4v) is 6.08. The SMILES string of the molecule is C[SiH](C)CSC[SiH](C)C. The van der Waals surface area contributed by atoms with Gasteiger partial charge in [0.05, 0.1) is 0 Å². The van der Waals surface area contributed by atoms with Crippen LogP contribution in [0.5, 0.6) is 0 Å². The predicted octanol–water partition coefficient (Wildman–Crippen LogP) is 1.77. The quantitative estimate of drug-likeness (QED) is 0.591. The highest BCUT2D eigenvalue weighted by Gasteiger charge is 1.98. The van der Waals surface area contributed by atoms with Gasteiger partial charge in [0.2, 0.25) is 0 Å². The summed E-state index contributed by atoms with van der Waals surface area (Å²) in [7, 11) is -0.488. The third kappa shape index (κ3) is 8.78. The summed E-state index contributed by atoms with van der Waals surface area (Å²) in [6, 6.07) is 0. The van der Waals surface area contributed by atoms with Crippen LogP contribution in [0.2, 0.25) is 26.2 Å². The average Bonchev–Trinajstić information content (AvgIpc) is 1.63. The molecule has 0 saturated carbocycles. The van der Waals surface area contributed by atoms with E-state index in [1.165, 1.54) is 10.8 Å². The molecule has 0 unspecified atom stereocenters. The first-order valence-electron chi connectivity index (χ1n) is 3.70. The molecule has 3 heteroatoms. The van der Waals surface area contributed by atoms with Crippen LogP contribution in [0, 0.1) is 0 Å². The molecule has 0 saturated heterocycles. The first-order valence-corrected chi connectivity index (χ1v) is 11.1. The van der Waals surface area contributed by atoms with Crippen LogP contribution in [0.4, 0.5) is 0 Å². The Morgan fingerprint density at radius 3 is 1.44 bits per heavy atom. The molecule has 0 amide bonds. The van der Waals surface area contributed by atoms with Crippen LogP contribution in [-0.4, -0.2) is 28.3 Å². The van der Waals surface area contributed by atoms with Crippen molar-refractivity contribution in [3.8, 4) is 0 Å². The molecule has 0 rings (SSSR count). The normalized spacial score (nSPS) is 11.3. The van der Waals surface area contributed by atoms with Gasteiger partial charge in [0.15, 0.2) is 0 Å². The van der Waals surface area contributed by atoms with Crippen LogP contribution in [0.1, 0.15) is 0 Å². The summed E-state index contributed by atoms with van der Waals surface area (Å²) in [4.78, 5) is 0. The fraction of sp³-hybridized carbons (Fsp3) is 1.00. The molecule has 0 aliphatic carbocycles. The first kappa shape index (κ1) is 9.78. The molecule has 0 spiro atoms. The molecule has 56 valence electrons. The second-order valence-corrected chi connectivity index (χ2v) is 12.0. The van der Waals surface area contributed by atoms with Gasteiger partial charge in [-0.15, -0.1) is 0 Å². The third-order valence-electron chi connectivity index (χ3n) is 0.902. The number of rotatable bonds is 4. The van der Waals surface area contributed by atoms with Crippen molar-refractivity contribution in [1.29, 1.82) is 0 Å². The summed E-state index contributed by atoms with van der Waals surface area (Å²) in [5, 5.41) is 2.98. The zero-order valence-corrected chi connectivity index (χ0v) is 10.1. The van der Waals surface area contributed by atoms with Crippen molar-refractivity contribution in [3.63, 3.8) is 0 Å². The molecule has 0 aliphatic rings. The first-order chi connectivity index (χ1) is 4.13. The topological polar surface area (TPSA) is 0 Å². The van der Waals surface area contributed by atoms with Crippen molar-refractivity contribution >= 4 is 29.4 Å². The summed E-state index contributed by atoms with van der Waals surface area (Å²) in [5.41, 5.74) is 0. The lowest BCUT2D eigenvalue weighted by Crippen LogP contribution is -2.10. The number of hydrogen-bond acceptors (Lipinski definition) is 1. The van der Waals surface area contributed by atoms with Crippen molar-refractivity contribution < 1.29 is 0 Å². The zero-order valence-electron chi connectivity index (χ0n) is 6.98. The van der Waals surface area contributed by atoms with Gasteiger partial charge in [0.25, 0.3) is 0 Å². The zero-order chi connectivity index (χ0) is 7.28. The summed E-state index contributed by atoms with van der Waals surface area (Å²) in [5.74, 6) is 0. The van der Waals surface area contributed by atoms with E-state index in [1.807, 2.05) is 0 Å². The highest BCUT2D eigenvalue weighted by atomic mass is 32.2. The largest absolute Gasteiger partial charge is 0.169 e. The van der Waals surface area contributed by atoms with Crippen molar-refractivity contribution in [2.24, 2.45) is 0 Å². The summed E-state index contributed by atoms with van der Waals surface area (Å²) in [6.07, 6.45) is 0. The van der Waals surface area contributed by atoms with E-state index in [1.54, 1.807) is 0 Å². The van der Waals surface area contributed by atoms with Crippen molar-refractivity contribution in [2.75, 3.05) is 10.8 Å². The van der Waals surface area contributed by atoms with E-state index in [2.05, 4.69) is 37.9 Å². The lowest BCUT2D eigenvalue weighted by molar-refractivity contribution is 1.81. The molecule has 0 nitrogen and oxygen atoms in total. The molecule has 0 aromatic carbocycles. The van der Waals surface area contributed by atoms with E-state index >= 15 is 0 Å². The van der Waals surface area contributed by atoms with Gasteiger partial charge in [-0.3, -0.25) is 0 Å². The van der Waals surface area contributed by atoms with E-state index in [0.29, 0.717) is 0 Å². The van der Waals surface area contributed by atoms with Crippen LogP contribution in [0.15, 0.2) is 0 Å². The highest BCUT2D eigenvalue weighted by molar-refractivity contribution is 8.01. The third-order valence-corrected chi connectivity index (χ3v) is 8.12. The monoisotopic (exact) mass is 178 g/mol. The minimum atomic E-state index is -0.244. The van der Waals surface area contributed by atoms with E-state index < -0.39 is 0 Å². The smallest absolute Gasteiger partial charge is 0.0418 e. The molecular weight excluding hydrogens is 160 g/mol. The van der Waals surface area contributed by atoms with Crippen LogP contribution in [-0.2, 0) is 0 Å². The van der Waals surface area contributed by atoms with E-state index in [0.717, 1.165) is 0 Å². The summed E-state index contributed by atoms with van der Waals surface area (Å²) < 4.78 is 0. The molecule has 0 aromatic heterocycles. The Labute approximate surface area is 66.6 Å². The summed E-state index contributed by atoms with van der Waals surface area (Å²) in [6.45, 7) is 9.70. The van der Waals surface area contributed by atoms with Gasteiger partial charge in [-0.25, -0.2) is 0 Å². The van der Waals surface area contributed by atoms with Gasteiger partial charge in [-0.05, 0) is 10.8 Å². The fourth-order valence-electron chi connectivity index (χ4n) is 0.539. The number of hydrogen-bond donors (Lipinski definition) is 0. The van der Waals surface area contributed by atoms with Gasteiger partial charge in [0.1, 0.15) is 0 Å². The molecule has 0 radical (unpaired) electrons. The van der Waals surface area contributed by atoms with Crippen molar-refractivity contribution in [2.45, 2.75) is 26.2 Å². The van der Waals surface area contributed by atoms with Gasteiger partial charge >= 0.3 is 0 Å². The molecule has 0 fully saturated rings. The molecule has 0 aromatic rings. The molecule has 0 bridgehead atoms. The maximum absolute atomic E-state index is 2.43. The maximum atomic E-state index is 2.43.